The summed E-state index contributed by atoms with van der Waals surface area (Å²) in [5.74, 6) is -0.291. The Kier molecular flexibility index (Phi) is 5.63. The molecule has 1 heterocycles. The summed E-state index contributed by atoms with van der Waals surface area (Å²) in [5.41, 5.74) is 4.96. The van der Waals surface area contributed by atoms with Crippen molar-refractivity contribution in [2.75, 3.05) is 6.61 Å². The van der Waals surface area contributed by atoms with Crippen LogP contribution in [-0.4, -0.2) is 37.8 Å². The first kappa shape index (κ1) is 19.5. The molecular weight excluding hydrogens is 378 g/mol. The van der Waals surface area contributed by atoms with Crippen LogP contribution in [0.1, 0.15) is 27.5 Å². The van der Waals surface area contributed by atoms with Gasteiger partial charge in [0.05, 0.1) is 18.3 Å². The van der Waals surface area contributed by atoms with E-state index in [0.717, 1.165) is 22.3 Å². The van der Waals surface area contributed by atoms with E-state index in [1.165, 1.54) is 11.0 Å². The van der Waals surface area contributed by atoms with E-state index in [9.17, 15) is 9.90 Å². The second-order valence-corrected chi connectivity index (χ2v) is 7.01. The highest BCUT2D eigenvalue weighted by Gasteiger charge is 2.17. The van der Waals surface area contributed by atoms with Gasteiger partial charge in [-0.3, -0.25) is 4.79 Å². The Bertz CT molecular complexity index is 1130. The molecule has 0 spiro atoms. The fraction of sp³-hybridized carbons (Fsp3) is 0.130. The molecule has 7 heteroatoms. The number of aromatic nitrogens is 4. The van der Waals surface area contributed by atoms with Gasteiger partial charge in [0.2, 0.25) is 0 Å². The maximum atomic E-state index is 13.1. The molecule has 30 heavy (non-hydrogen) atoms. The Morgan fingerprint density at radius 1 is 1.03 bits per heavy atom. The number of hydrogen-bond donors (Lipinski definition) is 2. The number of carbonyl (C=O) groups excluding carboxylic acids is 1. The Hall–Kier alpha value is -3.84. The van der Waals surface area contributed by atoms with Gasteiger partial charge in [0, 0.05) is 5.56 Å². The molecule has 150 valence electrons. The van der Waals surface area contributed by atoms with E-state index >= 15 is 0 Å². The fourth-order valence-corrected chi connectivity index (χ4v) is 3.23. The van der Waals surface area contributed by atoms with Crippen molar-refractivity contribution in [3.05, 3.63) is 95.8 Å². The molecule has 0 saturated carbocycles. The maximum absolute atomic E-state index is 13.1. The van der Waals surface area contributed by atoms with Crippen molar-refractivity contribution < 1.29 is 9.90 Å². The van der Waals surface area contributed by atoms with Gasteiger partial charge in [0.1, 0.15) is 6.33 Å². The Morgan fingerprint density at radius 3 is 2.47 bits per heavy atom. The molecule has 7 nitrogen and oxygen atoms in total. The van der Waals surface area contributed by atoms with E-state index in [2.05, 4.69) is 20.8 Å². The second-order valence-electron chi connectivity index (χ2n) is 7.01. The molecule has 0 bridgehead atoms. The summed E-state index contributed by atoms with van der Waals surface area (Å²) in [4.78, 5) is 13.1. The van der Waals surface area contributed by atoms with Crippen molar-refractivity contribution in [3.8, 4) is 16.8 Å². The van der Waals surface area contributed by atoms with Crippen LogP contribution in [0.25, 0.3) is 16.8 Å². The number of nitrogens with zero attached hydrogens (tertiary/aromatic N) is 4. The molecule has 4 rings (SSSR count). The zero-order valence-corrected chi connectivity index (χ0v) is 16.4. The number of amides is 1. The number of benzene rings is 3. The summed E-state index contributed by atoms with van der Waals surface area (Å²) in [6.07, 6.45) is 1.48. The monoisotopic (exact) mass is 399 g/mol. The molecule has 0 fully saturated rings. The van der Waals surface area contributed by atoms with Gasteiger partial charge in [-0.05, 0) is 52.2 Å². The molecule has 0 aliphatic rings. The number of nitrogens with one attached hydrogen (secondary N) is 1. The second kappa shape index (κ2) is 8.67. The van der Waals surface area contributed by atoms with E-state index in [0.29, 0.717) is 11.3 Å². The average molecular weight is 399 g/mol. The summed E-state index contributed by atoms with van der Waals surface area (Å²) >= 11 is 0. The smallest absolute Gasteiger partial charge is 0.251 e. The predicted molar refractivity (Wildman–Crippen MR) is 113 cm³/mol. The number of tetrazole rings is 1. The summed E-state index contributed by atoms with van der Waals surface area (Å²) in [6.45, 7) is 1.83. The first-order valence-corrected chi connectivity index (χ1v) is 9.56. The van der Waals surface area contributed by atoms with Crippen LogP contribution in [0.15, 0.2) is 79.1 Å². The van der Waals surface area contributed by atoms with Crippen molar-refractivity contribution in [2.45, 2.75) is 13.0 Å². The lowest BCUT2D eigenvalue weighted by Gasteiger charge is -2.17. The summed E-state index contributed by atoms with van der Waals surface area (Å²) in [7, 11) is 0. The molecule has 1 amide bonds. The molecule has 0 saturated heterocycles. The van der Waals surface area contributed by atoms with Gasteiger partial charge >= 0.3 is 0 Å². The topological polar surface area (TPSA) is 92.9 Å². The lowest BCUT2D eigenvalue weighted by Crippen LogP contribution is -2.30. The first-order valence-electron chi connectivity index (χ1n) is 9.56. The van der Waals surface area contributed by atoms with Crippen molar-refractivity contribution in [1.82, 2.24) is 25.5 Å². The van der Waals surface area contributed by atoms with Crippen LogP contribution in [0.3, 0.4) is 0 Å². The van der Waals surface area contributed by atoms with Crippen LogP contribution in [0, 0.1) is 6.92 Å². The summed E-state index contributed by atoms with van der Waals surface area (Å²) in [6, 6.07) is 22.4. The van der Waals surface area contributed by atoms with Gasteiger partial charge in [-0.15, -0.1) is 5.10 Å². The number of aliphatic hydroxyl groups excluding tert-OH is 1. The Balaban J connectivity index is 1.71. The largest absolute Gasteiger partial charge is 0.394 e. The predicted octanol–water partition coefficient (Wildman–Crippen LogP) is 3.10. The molecule has 0 aliphatic carbocycles. The molecule has 2 N–H and O–H groups in total. The van der Waals surface area contributed by atoms with E-state index in [1.54, 1.807) is 6.07 Å². The molecule has 1 unspecified atom stereocenters. The zero-order valence-electron chi connectivity index (χ0n) is 16.4. The number of aryl methyl sites for hydroxylation is 1. The van der Waals surface area contributed by atoms with Crippen molar-refractivity contribution >= 4 is 5.91 Å². The third-order valence-corrected chi connectivity index (χ3v) is 4.87. The van der Waals surface area contributed by atoms with E-state index in [1.807, 2.05) is 73.7 Å². The standard InChI is InChI=1S/C23H21N5O2/c1-16-7-9-17(10-8-16)19-11-20(13-21(12-19)28-15-24-26-27-28)23(30)25-22(14-29)18-5-3-2-4-6-18/h2-13,15,22,29H,14H2,1H3,(H,25,30). The van der Waals surface area contributed by atoms with Crippen LogP contribution >= 0.6 is 0 Å². The molecular formula is C23H21N5O2. The highest BCUT2D eigenvalue weighted by atomic mass is 16.3. The van der Waals surface area contributed by atoms with Gasteiger partial charge in [-0.1, -0.05) is 60.2 Å². The van der Waals surface area contributed by atoms with E-state index in [4.69, 9.17) is 0 Å². The first-order chi connectivity index (χ1) is 14.6. The molecule has 4 aromatic rings. The third-order valence-electron chi connectivity index (χ3n) is 4.87. The normalized spacial score (nSPS) is 11.8. The SMILES string of the molecule is Cc1ccc(-c2cc(C(=O)NC(CO)c3ccccc3)cc(-n3cnnn3)c2)cc1. The van der Waals surface area contributed by atoms with Crippen molar-refractivity contribution in [2.24, 2.45) is 0 Å². The van der Waals surface area contributed by atoms with Gasteiger partial charge in [0.15, 0.2) is 0 Å². The highest BCUT2D eigenvalue weighted by molar-refractivity contribution is 5.96. The van der Waals surface area contributed by atoms with Crippen LogP contribution in [-0.2, 0) is 0 Å². The zero-order chi connectivity index (χ0) is 20.9. The van der Waals surface area contributed by atoms with Crippen LogP contribution < -0.4 is 5.32 Å². The van der Waals surface area contributed by atoms with E-state index < -0.39 is 6.04 Å². The summed E-state index contributed by atoms with van der Waals surface area (Å²) in [5, 5.41) is 24.0. The minimum Gasteiger partial charge on any atom is -0.394 e. The minimum atomic E-state index is -0.502. The Morgan fingerprint density at radius 2 is 1.80 bits per heavy atom. The quantitative estimate of drug-likeness (QED) is 0.520. The van der Waals surface area contributed by atoms with Gasteiger partial charge in [0.25, 0.3) is 5.91 Å². The molecule has 0 radical (unpaired) electrons. The number of aliphatic hydroxyl groups is 1. The van der Waals surface area contributed by atoms with Gasteiger partial charge in [-0.2, -0.15) is 0 Å². The van der Waals surface area contributed by atoms with Crippen LogP contribution in [0.5, 0.6) is 0 Å². The van der Waals surface area contributed by atoms with Crippen LogP contribution in [0.4, 0.5) is 0 Å². The molecule has 0 aliphatic heterocycles. The summed E-state index contributed by atoms with van der Waals surface area (Å²) < 4.78 is 1.51. The van der Waals surface area contributed by atoms with Gasteiger partial charge < -0.3 is 10.4 Å². The molecule has 3 aromatic carbocycles. The third kappa shape index (κ3) is 4.26. The van der Waals surface area contributed by atoms with Gasteiger partial charge in [-0.25, -0.2) is 4.68 Å². The minimum absolute atomic E-state index is 0.201. The Labute approximate surface area is 174 Å². The van der Waals surface area contributed by atoms with Crippen LogP contribution in [0.2, 0.25) is 0 Å². The maximum Gasteiger partial charge on any atom is 0.251 e. The lowest BCUT2D eigenvalue weighted by atomic mass is 10.00. The van der Waals surface area contributed by atoms with E-state index in [-0.39, 0.29) is 12.5 Å². The molecule has 1 atom stereocenters. The lowest BCUT2D eigenvalue weighted by molar-refractivity contribution is 0.0916. The molecule has 1 aromatic heterocycles. The number of hydrogen-bond acceptors (Lipinski definition) is 5. The number of carbonyl (C=O) groups is 1. The number of rotatable bonds is 6. The van der Waals surface area contributed by atoms with Crippen molar-refractivity contribution in [3.63, 3.8) is 0 Å². The highest BCUT2D eigenvalue weighted by Crippen LogP contribution is 2.25. The fourth-order valence-electron chi connectivity index (χ4n) is 3.23. The average Bonchev–Trinajstić information content (AvgIpc) is 3.33. The van der Waals surface area contributed by atoms with Crippen molar-refractivity contribution in [1.29, 1.82) is 0 Å².